The quantitative estimate of drug-likeness (QED) is 0.643. The molecular weight excluding hydrogens is 423 g/mol. The number of hydrogen-bond donors (Lipinski definition) is 1. The maximum atomic E-state index is 14.7. The fourth-order valence-corrected chi connectivity index (χ4v) is 3.92. The maximum absolute atomic E-state index is 14.7. The molecule has 0 unspecified atom stereocenters. The van der Waals surface area contributed by atoms with Gasteiger partial charge in [0.25, 0.3) is 12.0 Å². The van der Waals surface area contributed by atoms with E-state index in [1.807, 2.05) is 4.90 Å². The predicted octanol–water partition coefficient (Wildman–Crippen LogP) is 3.72. The van der Waals surface area contributed by atoms with Crippen molar-refractivity contribution in [3.8, 4) is 0 Å². The first-order valence-electron chi connectivity index (χ1n) is 10.3. The third-order valence-electron chi connectivity index (χ3n) is 5.62. The minimum absolute atomic E-state index is 0.102. The van der Waals surface area contributed by atoms with E-state index in [0.717, 1.165) is 6.07 Å². The Labute approximate surface area is 182 Å². The Morgan fingerprint density at radius 1 is 1.16 bits per heavy atom. The van der Waals surface area contributed by atoms with Gasteiger partial charge in [-0.05, 0) is 19.9 Å². The number of fused-ring (bicyclic) bond motifs is 1. The minimum Gasteiger partial charge on any atom is -0.378 e. The van der Waals surface area contributed by atoms with E-state index in [9.17, 15) is 18.0 Å². The molecular formula is C22H24F3N5O2. The highest BCUT2D eigenvalue weighted by molar-refractivity contribution is 5.89. The molecule has 3 aromatic rings. The second-order valence-corrected chi connectivity index (χ2v) is 7.77. The van der Waals surface area contributed by atoms with Crippen LogP contribution in [0.4, 0.5) is 24.7 Å². The highest BCUT2D eigenvalue weighted by Crippen LogP contribution is 2.31. The van der Waals surface area contributed by atoms with Crippen LogP contribution in [0.3, 0.4) is 0 Å². The Morgan fingerprint density at radius 2 is 1.84 bits per heavy atom. The zero-order chi connectivity index (χ0) is 23.0. The van der Waals surface area contributed by atoms with Gasteiger partial charge in [-0.3, -0.25) is 9.36 Å². The minimum atomic E-state index is -2.91. The number of nitrogens with one attached hydrogen (secondary N) is 1. The summed E-state index contributed by atoms with van der Waals surface area (Å²) in [6.07, 6.45) is -2.91. The van der Waals surface area contributed by atoms with Crippen molar-refractivity contribution in [3.63, 3.8) is 0 Å². The van der Waals surface area contributed by atoms with Crippen LogP contribution >= 0.6 is 0 Å². The molecule has 3 heterocycles. The summed E-state index contributed by atoms with van der Waals surface area (Å²) in [7, 11) is 1.64. The van der Waals surface area contributed by atoms with Gasteiger partial charge in [-0.1, -0.05) is 18.2 Å². The second-order valence-electron chi connectivity index (χ2n) is 7.77. The van der Waals surface area contributed by atoms with Crippen LogP contribution in [0.5, 0.6) is 0 Å². The van der Waals surface area contributed by atoms with Crippen molar-refractivity contribution in [1.29, 1.82) is 0 Å². The molecule has 1 N–H and O–H groups in total. The number of hydrogen-bond acceptors (Lipinski definition) is 6. The fourth-order valence-electron chi connectivity index (χ4n) is 3.92. The predicted molar refractivity (Wildman–Crippen MR) is 116 cm³/mol. The molecule has 0 bridgehead atoms. The van der Waals surface area contributed by atoms with Gasteiger partial charge in [-0.2, -0.15) is 0 Å². The lowest BCUT2D eigenvalue weighted by atomic mass is 10.0. The largest absolute Gasteiger partial charge is 0.378 e. The summed E-state index contributed by atoms with van der Waals surface area (Å²) >= 11 is 0. The zero-order valence-electron chi connectivity index (χ0n) is 18.0. The molecule has 10 heteroatoms. The number of halogens is 3. The summed E-state index contributed by atoms with van der Waals surface area (Å²) in [6.45, 7) is 5.56. The Hall–Kier alpha value is -3.14. The van der Waals surface area contributed by atoms with Crippen LogP contribution < -0.4 is 15.8 Å². The zero-order valence-corrected chi connectivity index (χ0v) is 18.0. The van der Waals surface area contributed by atoms with Crippen molar-refractivity contribution in [3.05, 3.63) is 57.4 Å². The van der Waals surface area contributed by atoms with Crippen LogP contribution in [0, 0.1) is 12.7 Å². The van der Waals surface area contributed by atoms with Crippen LogP contribution in [0.25, 0.3) is 11.0 Å². The SMILES string of the molecule is Cc1nc(N[C@H](C)c2cccc(C(F)F)c2F)c2cc(N3CCOCC3)c(=O)n(C)c2n1. The first kappa shape index (κ1) is 22.1. The molecule has 1 aliphatic rings. The first-order chi connectivity index (χ1) is 15.3. The average molecular weight is 447 g/mol. The van der Waals surface area contributed by atoms with E-state index in [4.69, 9.17) is 4.74 Å². The van der Waals surface area contributed by atoms with Crippen molar-refractivity contribution in [2.75, 3.05) is 36.5 Å². The second kappa shape index (κ2) is 8.78. The van der Waals surface area contributed by atoms with E-state index in [1.54, 1.807) is 27.0 Å². The van der Waals surface area contributed by atoms with Crippen molar-refractivity contribution in [2.24, 2.45) is 7.05 Å². The van der Waals surface area contributed by atoms with Crippen LogP contribution in [0.15, 0.2) is 29.1 Å². The number of ether oxygens (including phenoxy) is 1. The summed E-state index contributed by atoms with van der Waals surface area (Å²) in [6, 6.07) is 5.01. The molecule has 1 fully saturated rings. The number of aryl methyl sites for hydroxylation is 2. The molecule has 32 heavy (non-hydrogen) atoms. The average Bonchev–Trinajstić information content (AvgIpc) is 2.77. The van der Waals surface area contributed by atoms with Gasteiger partial charge in [0.2, 0.25) is 0 Å². The van der Waals surface area contributed by atoms with Crippen molar-refractivity contribution in [1.82, 2.24) is 14.5 Å². The standard InChI is InChI=1S/C22H24F3N5O2/c1-12(14-5-4-6-15(18(14)23)19(24)25)26-20-16-11-17(30-7-9-32-10-8-30)22(31)29(3)21(16)28-13(2)27-20/h4-6,11-12,19H,7-10H2,1-3H3,(H,26,27,28)/t12-/m1/s1. The van der Waals surface area contributed by atoms with Gasteiger partial charge in [0.15, 0.2) is 0 Å². The van der Waals surface area contributed by atoms with Crippen molar-refractivity contribution in [2.45, 2.75) is 26.3 Å². The lowest BCUT2D eigenvalue weighted by molar-refractivity contribution is 0.122. The molecule has 0 spiro atoms. The van der Waals surface area contributed by atoms with E-state index in [2.05, 4.69) is 15.3 Å². The Balaban J connectivity index is 1.79. The van der Waals surface area contributed by atoms with E-state index >= 15 is 0 Å². The molecule has 170 valence electrons. The highest BCUT2D eigenvalue weighted by atomic mass is 19.3. The summed E-state index contributed by atoms with van der Waals surface area (Å²) in [4.78, 5) is 23.8. The number of aromatic nitrogens is 3. The number of rotatable bonds is 5. The number of morpholine rings is 1. The van der Waals surface area contributed by atoms with Gasteiger partial charge < -0.3 is 15.0 Å². The van der Waals surface area contributed by atoms with Crippen molar-refractivity contribution < 1.29 is 17.9 Å². The van der Waals surface area contributed by atoms with Gasteiger partial charge in [0, 0.05) is 25.7 Å². The van der Waals surface area contributed by atoms with Crippen LogP contribution in [-0.4, -0.2) is 40.8 Å². The monoisotopic (exact) mass is 447 g/mol. The first-order valence-corrected chi connectivity index (χ1v) is 10.3. The van der Waals surface area contributed by atoms with Gasteiger partial charge in [-0.15, -0.1) is 0 Å². The van der Waals surface area contributed by atoms with Crippen LogP contribution in [0.2, 0.25) is 0 Å². The number of alkyl halides is 2. The third-order valence-corrected chi connectivity index (χ3v) is 5.62. The molecule has 0 saturated carbocycles. The normalized spacial score (nSPS) is 15.4. The van der Waals surface area contributed by atoms with Crippen LogP contribution in [0.1, 0.15) is 36.3 Å². The van der Waals surface area contributed by atoms with Crippen molar-refractivity contribution >= 4 is 22.5 Å². The Bertz CT molecular complexity index is 1210. The smallest absolute Gasteiger partial charge is 0.275 e. The number of benzene rings is 1. The summed E-state index contributed by atoms with van der Waals surface area (Å²) in [5.74, 6) is -0.130. The van der Waals surface area contributed by atoms with Gasteiger partial charge in [-0.25, -0.2) is 23.1 Å². The van der Waals surface area contributed by atoms with E-state index in [-0.39, 0.29) is 11.1 Å². The molecule has 7 nitrogen and oxygen atoms in total. The third kappa shape index (κ3) is 4.02. The molecule has 4 rings (SSSR count). The van der Waals surface area contributed by atoms with Crippen LogP contribution in [-0.2, 0) is 11.8 Å². The molecule has 0 radical (unpaired) electrons. The summed E-state index contributed by atoms with van der Waals surface area (Å²) < 4.78 is 47.8. The number of nitrogens with zero attached hydrogens (tertiary/aromatic N) is 4. The van der Waals surface area contributed by atoms with Gasteiger partial charge >= 0.3 is 0 Å². The molecule has 0 aliphatic carbocycles. The Kier molecular flexibility index (Phi) is 6.05. The molecule has 1 saturated heterocycles. The molecule has 2 aromatic heterocycles. The molecule has 1 aliphatic heterocycles. The lowest BCUT2D eigenvalue weighted by Gasteiger charge is -2.29. The van der Waals surface area contributed by atoms with E-state index in [1.165, 1.54) is 16.7 Å². The molecule has 1 aromatic carbocycles. The van der Waals surface area contributed by atoms with Gasteiger partial charge in [0.05, 0.1) is 30.2 Å². The summed E-state index contributed by atoms with van der Waals surface area (Å²) in [5, 5.41) is 3.71. The molecule has 0 amide bonds. The number of anilines is 2. The highest BCUT2D eigenvalue weighted by Gasteiger charge is 2.22. The van der Waals surface area contributed by atoms with E-state index in [0.29, 0.717) is 54.7 Å². The fraction of sp³-hybridized carbons (Fsp3) is 0.409. The lowest BCUT2D eigenvalue weighted by Crippen LogP contribution is -2.40. The Morgan fingerprint density at radius 3 is 2.53 bits per heavy atom. The topological polar surface area (TPSA) is 72.3 Å². The molecule has 1 atom stereocenters. The maximum Gasteiger partial charge on any atom is 0.275 e. The van der Waals surface area contributed by atoms with E-state index < -0.39 is 23.8 Å². The van der Waals surface area contributed by atoms with Gasteiger partial charge in [0.1, 0.15) is 28.8 Å². The number of pyridine rings is 1. The summed E-state index contributed by atoms with van der Waals surface area (Å²) in [5.41, 5.74) is 0.197.